The van der Waals surface area contributed by atoms with E-state index in [1.165, 1.54) is 38.4 Å². The Balaban J connectivity index is 1.01. The fraction of sp³-hybridized carbons (Fsp3) is 0.200. The van der Waals surface area contributed by atoms with Gasteiger partial charge in [-0.15, -0.1) is 0 Å². The van der Waals surface area contributed by atoms with Crippen LogP contribution in [0.2, 0.25) is 0 Å². The van der Waals surface area contributed by atoms with E-state index in [0.717, 1.165) is 82.5 Å². The van der Waals surface area contributed by atoms with Gasteiger partial charge in [-0.1, -0.05) is 160 Å². The first-order valence-electron chi connectivity index (χ1n) is 19.2. The van der Waals surface area contributed by atoms with Crippen LogP contribution in [-0.4, -0.2) is 30.6 Å². The molecule has 1 aromatic heterocycles. The molecule has 6 nitrogen and oxygen atoms in total. The lowest BCUT2D eigenvalue weighted by Crippen LogP contribution is -2.04. The lowest BCUT2D eigenvalue weighted by atomic mass is 10.0. The number of methoxy groups -OCH3 is 1. The minimum Gasteiger partial charge on any atom is -0.466 e. The Labute approximate surface area is 331 Å². The number of aryl methyl sites for hydroxylation is 1. The Morgan fingerprint density at radius 1 is 0.625 bits per heavy atom. The molecule has 1 heterocycles. The lowest BCUT2D eigenvalue weighted by Gasteiger charge is -2.04. The second-order valence-corrected chi connectivity index (χ2v) is 13.5. The van der Waals surface area contributed by atoms with E-state index in [9.17, 15) is 14.9 Å². The molecule has 0 spiro atoms. The third-order valence-corrected chi connectivity index (χ3v) is 9.27. The van der Waals surface area contributed by atoms with Crippen LogP contribution in [0.5, 0.6) is 0 Å². The molecule has 56 heavy (non-hydrogen) atoms. The Morgan fingerprint density at radius 3 is 1.82 bits per heavy atom. The van der Waals surface area contributed by atoms with E-state index >= 15 is 0 Å². The third kappa shape index (κ3) is 14.0. The van der Waals surface area contributed by atoms with Crippen molar-refractivity contribution < 1.29 is 19.1 Å². The van der Waals surface area contributed by atoms with Crippen LogP contribution in [0.25, 0.3) is 47.2 Å². The summed E-state index contributed by atoms with van der Waals surface area (Å²) in [4.78, 5) is 27.0. The molecule has 0 atom stereocenters. The molecule has 0 unspecified atom stereocenters. The van der Waals surface area contributed by atoms with Gasteiger partial charge in [-0.3, -0.25) is 4.98 Å². The maximum atomic E-state index is 11.5. The van der Waals surface area contributed by atoms with Crippen LogP contribution in [-0.2, 0) is 25.5 Å². The largest absolute Gasteiger partial charge is 0.466 e. The quantitative estimate of drug-likeness (QED) is 0.0275. The molecular weight excluding hydrogens is 693 g/mol. The number of allylic oxidation sites excluding steroid dienone is 1. The molecule has 0 aliphatic heterocycles. The average Bonchev–Trinajstić information content (AvgIpc) is 3.25. The summed E-state index contributed by atoms with van der Waals surface area (Å²) in [6.45, 7) is 0.367. The number of esters is 2. The summed E-state index contributed by atoms with van der Waals surface area (Å²) in [6.07, 6.45) is 23.1. The number of rotatable bonds is 19. The molecule has 0 radical (unpaired) electrons. The van der Waals surface area contributed by atoms with Crippen LogP contribution in [0.1, 0.15) is 83.9 Å². The van der Waals surface area contributed by atoms with Crippen molar-refractivity contribution in [3.05, 3.63) is 173 Å². The van der Waals surface area contributed by atoms with Crippen molar-refractivity contribution in [1.82, 2.24) is 4.98 Å². The van der Waals surface area contributed by atoms with Gasteiger partial charge in [0.2, 0.25) is 0 Å². The second-order valence-electron chi connectivity index (χ2n) is 13.5. The number of benzene rings is 4. The summed E-state index contributed by atoms with van der Waals surface area (Å²) in [5, 5.41) is 9.95. The summed E-state index contributed by atoms with van der Waals surface area (Å²) in [7, 11) is 1.26. The average molecular weight is 741 g/mol. The molecule has 0 fully saturated rings. The molecule has 0 N–H and O–H groups in total. The topological polar surface area (TPSA) is 89.3 Å². The van der Waals surface area contributed by atoms with E-state index in [0.29, 0.717) is 12.2 Å². The highest BCUT2D eigenvalue weighted by Crippen LogP contribution is 2.22. The first kappa shape index (κ1) is 40.6. The normalized spacial score (nSPS) is 11.6. The summed E-state index contributed by atoms with van der Waals surface area (Å²) in [6, 6.07) is 41.6. The molecule has 0 aliphatic rings. The molecule has 5 rings (SSSR count). The Morgan fingerprint density at radius 2 is 1.18 bits per heavy atom. The second kappa shape index (κ2) is 22.6. The zero-order valence-electron chi connectivity index (χ0n) is 32.0. The number of carbonyl (C=O) groups excluding carboxylic acids is 2. The molecule has 4 aromatic carbocycles. The fourth-order valence-electron chi connectivity index (χ4n) is 6.06. The van der Waals surface area contributed by atoms with E-state index in [-0.39, 0.29) is 0 Å². The predicted octanol–water partition coefficient (Wildman–Crippen LogP) is 11.7. The number of hydrogen-bond acceptors (Lipinski definition) is 6. The van der Waals surface area contributed by atoms with Gasteiger partial charge < -0.3 is 9.47 Å². The van der Waals surface area contributed by atoms with Gasteiger partial charge in [0.15, 0.2) is 0 Å². The van der Waals surface area contributed by atoms with Gasteiger partial charge in [0.1, 0.15) is 0 Å². The van der Waals surface area contributed by atoms with Gasteiger partial charge in [0.25, 0.3) is 0 Å². The summed E-state index contributed by atoms with van der Waals surface area (Å²) in [5.74, 6) is -1.09. The first-order valence-corrected chi connectivity index (χ1v) is 19.2. The van der Waals surface area contributed by atoms with Crippen molar-refractivity contribution in [2.24, 2.45) is 0 Å². The number of unbranched alkanes of at least 4 members (excludes halogenated alkanes) is 6. The van der Waals surface area contributed by atoms with Crippen LogP contribution in [0, 0.1) is 11.3 Å². The summed E-state index contributed by atoms with van der Waals surface area (Å²) < 4.78 is 9.53. The van der Waals surface area contributed by atoms with E-state index in [1.807, 2.05) is 72.9 Å². The summed E-state index contributed by atoms with van der Waals surface area (Å²) in [5.41, 5.74) is 10.2. The lowest BCUT2D eigenvalue weighted by molar-refractivity contribution is -0.139. The van der Waals surface area contributed by atoms with Gasteiger partial charge >= 0.3 is 11.9 Å². The third-order valence-electron chi connectivity index (χ3n) is 9.27. The molecule has 0 bridgehead atoms. The predicted molar refractivity (Wildman–Crippen MR) is 228 cm³/mol. The van der Waals surface area contributed by atoms with E-state index < -0.39 is 11.9 Å². The van der Waals surface area contributed by atoms with Crippen molar-refractivity contribution in [3.63, 3.8) is 0 Å². The number of aromatic nitrogens is 1. The van der Waals surface area contributed by atoms with Crippen molar-refractivity contribution in [2.75, 3.05) is 13.7 Å². The standard InChI is InChI=1S/C50H48N2O4/c1-55-49(53)31-32-50(54)56-35-11-6-4-2-3-5-8-12-39-15-17-40(18-16-39)19-20-41-21-24-43(25-22-41)36-47(38-51)45-29-27-42(28-30-45)23-26-44-33-34-52-48(37-44)46-13-9-7-10-14-46/h7,9-10,13-34,36-37H,2-6,8,11-12,35H2,1H3/b20-19+,26-23+,32-31-,47-36+. The van der Waals surface area contributed by atoms with Crippen LogP contribution in [0.15, 0.2) is 134 Å². The van der Waals surface area contributed by atoms with Gasteiger partial charge in [-0.25, -0.2) is 9.59 Å². The van der Waals surface area contributed by atoms with Gasteiger partial charge in [0.05, 0.1) is 31.1 Å². The SMILES string of the molecule is COC(=O)/C=C\C(=O)OCCCCCCCCCc1ccc(/C=C/c2ccc(/C=C(\C#N)c3ccc(/C=C/c4ccnc(-c5ccccc5)c4)cc3)cc2)cc1. The van der Waals surface area contributed by atoms with Crippen LogP contribution < -0.4 is 0 Å². The highest BCUT2D eigenvalue weighted by atomic mass is 16.5. The monoisotopic (exact) mass is 740 g/mol. The minimum atomic E-state index is -0.572. The smallest absolute Gasteiger partial charge is 0.331 e. The zero-order chi connectivity index (χ0) is 39.2. The minimum absolute atomic E-state index is 0.367. The fourth-order valence-corrected chi connectivity index (χ4v) is 6.06. The molecular formula is C50H48N2O4. The maximum absolute atomic E-state index is 11.5. The van der Waals surface area contributed by atoms with Gasteiger partial charge in [-0.05, 0) is 76.4 Å². The van der Waals surface area contributed by atoms with Crippen molar-refractivity contribution in [3.8, 4) is 17.3 Å². The number of pyridine rings is 1. The highest BCUT2D eigenvalue weighted by Gasteiger charge is 2.04. The molecule has 0 saturated carbocycles. The molecule has 282 valence electrons. The number of ether oxygens (including phenoxy) is 2. The number of nitriles is 1. The van der Waals surface area contributed by atoms with Gasteiger partial charge in [-0.2, -0.15) is 5.26 Å². The van der Waals surface area contributed by atoms with Crippen LogP contribution in [0.4, 0.5) is 0 Å². The Kier molecular flexibility index (Phi) is 16.4. The number of hydrogen-bond donors (Lipinski definition) is 0. The van der Waals surface area contributed by atoms with E-state index in [4.69, 9.17) is 4.74 Å². The maximum Gasteiger partial charge on any atom is 0.331 e. The molecule has 0 saturated heterocycles. The molecule has 0 amide bonds. The Hall–Kier alpha value is -6.58. The van der Waals surface area contributed by atoms with Crippen molar-refractivity contribution in [2.45, 2.75) is 51.4 Å². The van der Waals surface area contributed by atoms with Crippen molar-refractivity contribution >= 4 is 47.9 Å². The highest BCUT2D eigenvalue weighted by molar-refractivity contribution is 5.92. The summed E-state index contributed by atoms with van der Waals surface area (Å²) >= 11 is 0. The van der Waals surface area contributed by atoms with Crippen LogP contribution in [0.3, 0.4) is 0 Å². The van der Waals surface area contributed by atoms with Crippen molar-refractivity contribution in [1.29, 1.82) is 5.26 Å². The van der Waals surface area contributed by atoms with E-state index in [2.05, 4.69) is 94.7 Å². The zero-order valence-corrected chi connectivity index (χ0v) is 32.0. The Bertz CT molecular complexity index is 2160. The van der Waals surface area contributed by atoms with Gasteiger partial charge in [0, 0.05) is 23.9 Å². The number of carbonyl (C=O) groups is 2. The molecule has 6 heteroatoms. The first-order chi connectivity index (χ1) is 27.5. The molecule has 5 aromatic rings. The molecule has 0 aliphatic carbocycles. The number of nitrogens with zero attached hydrogens (tertiary/aromatic N) is 2. The van der Waals surface area contributed by atoms with Crippen LogP contribution >= 0.6 is 0 Å². The van der Waals surface area contributed by atoms with E-state index in [1.54, 1.807) is 0 Å².